The number of hydrogen-bond acceptors (Lipinski definition) is 1. The summed E-state index contributed by atoms with van der Waals surface area (Å²) in [6, 6.07) is 4.45. The molecule has 0 saturated carbocycles. The van der Waals surface area contributed by atoms with E-state index in [2.05, 4.69) is 42.5 Å². The molecule has 0 aromatic carbocycles. The van der Waals surface area contributed by atoms with Gasteiger partial charge in [-0.05, 0) is 64.9 Å². The number of rotatable bonds is 2. The average Bonchev–Trinajstić information content (AvgIpc) is 2.53. The Labute approximate surface area is 92.9 Å². The predicted molar refractivity (Wildman–Crippen MR) is 64.1 cm³/mol. The van der Waals surface area contributed by atoms with Crippen molar-refractivity contribution in [3.63, 3.8) is 0 Å². The first-order chi connectivity index (χ1) is 7.16. The molecule has 1 fully saturated rings. The van der Waals surface area contributed by atoms with Crippen molar-refractivity contribution in [1.82, 2.24) is 9.47 Å². The van der Waals surface area contributed by atoms with E-state index in [1.807, 2.05) is 0 Å². The van der Waals surface area contributed by atoms with Gasteiger partial charge in [-0.25, -0.2) is 0 Å². The molecule has 0 spiro atoms. The highest BCUT2D eigenvalue weighted by Crippen LogP contribution is 2.20. The molecule has 0 bridgehead atoms. The maximum atomic E-state index is 2.47. The molecule has 2 heteroatoms. The lowest BCUT2D eigenvalue weighted by Crippen LogP contribution is -2.32. The first kappa shape index (κ1) is 10.7. The molecule has 0 N–H and O–H groups in total. The molecule has 0 unspecified atom stereocenters. The number of hydrogen-bond donors (Lipinski definition) is 0. The van der Waals surface area contributed by atoms with Crippen molar-refractivity contribution in [1.29, 1.82) is 0 Å². The van der Waals surface area contributed by atoms with E-state index in [9.17, 15) is 0 Å². The Morgan fingerprint density at radius 3 is 2.20 bits per heavy atom. The molecule has 84 valence electrons. The van der Waals surface area contributed by atoms with Gasteiger partial charge in [0, 0.05) is 17.9 Å². The van der Waals surface area contributed by atoms with Crippen LogP contribution in [0.4, 0.5) is 0 Å². The van der Waals surface area contributed by atoms with Crippen molar-refractivity contribution >= 4 is 0 Å². The quantitative estimate of drug-likeness (QED) is 0.721. The Kier molecular flexibility index (Phi) is 3.15. The van der Waals surface area contributed by atoms with Gasteiger partial charge in [0.05, 0.1) is 0 Å². The van der Waals surface area contributed by atoms with Gasteiger partial charge < -0.3 is 9.47 Å². The maximum absolute atomic E-state index is 2.47. The summed E-state index contributed by atoms with van der Waals surface area (Å²) in [4.78, 5) is 2.44. The van der Waals surface area contributed by atoms with Gasteiger partial charge in [-0.15, -0.1) is 0 Å². The van der Waals surface area contributed by atoms with Crippen LogP contribution in [0.2, 0.25) is 0 Å². The molecule has 0 aliphatic carbocycles. The Morgan fingerprint density at radius 1 is 1.13 bits per heavy atom. The molecule has 2 heterocycles. The summed E-state index contributed by atoms with van der Waals surface area (Å²) in [6.07, 6.45) is 2.71. The van der Waals surface area contributed by atoms with Gasteiger partial charge in [-0.3, -0.25) is 0 Å². The highest BCUT2D eigenvalue weighted by molar-refractivity contribution is 5.13. The summed E-state index contributed by atoms with van der Waals surface area (Å²) < 4.78 is 2.47. The maximum Gasteiger partial charge on any atom is 0.0253 e. The van der Waals surface area contributed by atoms with Gasteiger partial charge in [-0.1, -0.05) is 0 Å². The molecular formula is C13H22N2. The first-order valence-electron chi connectivity index (χ1n) is 5.98. The third kappa shape index (κ3) is 2.43. The summed E-state index contributed by atoms with van der Waals surface area (Å²) >= 11 is 0. The molecule has 1 saturated heterocycles. The largest absolute Gasteiger partial charge is 0.349 e. The fourth-order valence-corrected chi connectivity index (χ4v) is 2.49. The van der Waals surface area contributed by atoms with Gasteiger partial charge in [0.2, 0.25) is 0 Å². The van der Waals surface area contributed by atoms with Crippen molar-refractivity contribution in [3.8, 4) is 0 Å². The fourth-order valence-electron chi connectivity index (χ4n) is 2.49. The van der Waals surface area contributed by atoms with E-state index in [0.29, 0.717) is 0 Å². The van der Waals surface area contributed by atoms with Crippen molar-refractivity contribution in [3.05, 3.63) is 23.5 Å². The first-order valence-corrected chi connectivity index (χ1v) is 5.98. The summed E-state index contributed by atoms with van der Waals surface area (Å²) in [5.74, 6) is 0.881. The number of likely N-dealkylation sites (tertiary alicyclic amines) is 1. The monoisotopic (exact) mass is 206 g/mol. The van der Waals surface area contributed by atoms with Crippen LogP contribution in [0.25, 0.3) is 0 Å². The number of aromatic nitrogens is 1. The van der Waals surface area contributed by atoms with Gasteiger partial charge in [0.25, 0.3) is 0 Å². The van der Waals surface area contributed by atoms with E-state index in [4.69, 9.17) is 0 Å². The summed E-state index contributed by atoms with van der Waals surface area (Å²) in [7, 11) is 2.22. The van der Waals surface area contributed by atoms with E-state index >= 15 is 0 Å². The van der Waals surface area contributed by atoms with Crippen molar-refractivity contribution in [2.24, 2.45) is 5.92 Å². The third-order valence-electron chi connectivity index (χ3n) is 3.70. The van der Waals surface area contributed by atoms with Gasteiger partial charge in [-0.2, -0.15) is 0 Å². The van der Waals surface area contributed by atoms with Crippen LogP contribution in [-0.4, -0.2) is 29.6 Å². The van der Waals surface area contributed by atoms with Crippen LogP contribution >= 0.6 is 0 Å². The average molecular weight is 206 g/mol. The predicted octanol–water partition coefficient (Wildman–Crippen LogP) is 2.45. The van der Waals surface area contributed by atoms with Gasteiger partial charge >= 0.3 is 0 Å². The lowest BCUT2D eigenvalue weighted by atomic mass is 9.97. The van der Waals surface area contributed by atoms with E-state index < -0.39 is 0 Å². The summed E-state index contributed by atoms with van der Waals surface area (Å²) in [5, 5.41) is 0. The molecule has 1 aliphatic rings. The summed E-state index contributed by atoms with van der Waals surface area (Å²) in [5.41, 5.74) is 2.82. The second kappa shape index (κ2) is 4.40. The van der Waals surface area contributed by atoms with Crippen molar-refractivity contribution in [2.75, 3.05) is 20.1 Å². The molecule has 0 radical (unpaired) electrons. The molecule has 1 aromatic rings. The highest BCUT2D eigenvalue weighted by atomic mass is 15.1. The molecule has 2 rings (SSSR count). The Balaban J connectivity index is 1.97. The fraction of sp³-hybridized carbons (Fsp3) is 0.692. The van der Waals surface area contributed by atoms with Gasteiger partial charge in [0.15, 0.2) is 0 Å². The van der Waals surface area contributed by atoms with Crippen molar-refractivity contribution in [2.45, 2.75) is 33.2 Å². The molecule has 0 amide bonds. The van der Waals surface area contributed by atoms with Crippen LogP contribution < -0.4 is 0 Å². The van der Waals surface area contributed by atoms with E-state index in [1.54, 1.807) is 0 Å². The van der Waals surface area contributed by atoms with Crippen LogP contribution in [0.5, 0.6) is 0 Å². The van der Waals surface area contributed by atoms with Crippen LogP contribution in [-0.2, 0) is 6.54 Å². The number of nitrogens with zero attached hydrogens (tertiary/aromatic N) is 2. The minimum Gasteiger partial charge on any atom is -0.349 e. The second-order valence-corrected chi connectivity index (χ2v) is 4.97. The smallest absolute Gasteiger partial charge is 0.0253 e. The lowest BCUT2D eigenvalue weighted by Gasteiger charge is -2.29. The standard InChI is InChI=1S/C13H22N2/c1-11-4-5-12(2)15(11)10-13-6-8-14(3)9-7-13/h4-5,13H,6-10H2,1-3H3. The Hall–Kier alpha value is -0.760. The molecule has 2 nitrogen and oxygen atoms in total. The second-order valence-electron chi connectivity index (χ2n) is 4.97. The zero-order chi connectivity index (χ0) is 10.8. The number of piperidine rings is 1. The minimum absolute atomic E-state index is 0.881. The van der Waals surface area contributed by atoms with E-state index in [1.165, 1.54) is 43.9 Å². The van der Waals surface area contributed by atoms with Crippen LogP contribution in [0.3, 0.4) is 0 Å². The summed E-state index contributed by atoms with van der Waals surface area (Å²) in [6.45, 7) is 8.18. The molecule has 1 aromatic heterocycles. The van der Waals surface area contributed by atoms with E-state index in [0.717, 1.165) is 5.92 Å². The zero-order valence-electron chi connectivity index (χ0n) is 10.2. The van der Waals surface area contributed by atoms with E-state index in [-0.39, 0.29) is 0 Å². The van der Waals surface area contributed by atoms with Crippen LogP contribution in [0.1, 0.15) is 24.2 Å². The molecular weight excluding hydrogens is 184 g/mol. The molecule has 0 atom stereocenters. The van der Waals surface area contributed by atoms with Crippen LogP contribution in [0, 0.1) is 19.8 Å². The Bertz CT molecular complexity index is 300. The van der Waals surface area contributed by atoms with Crippen LogP contribution in [0.15, 0.2) is 12.1 Å². The minimum atomic E-state index is 0.881. The van der Waals surface area contributed by atoms with Gasteiger partial charge in [0.1, 0.15) is 0 Å². The number of aryl methyl sites for hydroxylation is 2. The molecule has 1 aliphatic heterocycles. The zero-order valence-corrected chi connectivity index (χ0v) is 10.2. The topological polar surface area (TPSA) is 8.17 Å². The lowest BCUT2D eigenvalue weighted by molar-refractivity contribution is 0.204. The van der Waals surface area contributed by atoms with Crippen molar-refractivity contribution < 1.29 is 0 Å². The SMILES string of the molecule is Cc1ccc(C)n1CC1CCN(C)CC1. The Morgan fingerprint density at radius 2 is 1.67 bits per heavy atom. The normalized spacial score (nSPS) is 19.7. The third-order valence-corrected chi connectivity index (χ3v) is 3.70. The highest BCUT2D eigenvalue weighted by Gasteiger charge is 2.17. The molecule has 15 heavy (non-hydrogen) atoms.